The molecule has 0 fully saturated rings. The van der Waals surface area contributed by atoms with E-state index in [4.69, 9.17) is 25.8 Å². The van der Waals surface area contributed by atoms with Crippen LogP contribution < -0.4 is 24.8 Å². The molecule has 2 aromatic heterocycles. The minimum Gasteiger partial charge on any atom is -0.493 e. The molecule has 2 heterocycles. The molecule has 0 aliphatic heterocycles. The molecule has 204 valence electrons. The van der Waals surface area contributed by atoms with E-state index in [2.05, 4.69) is 25.9 Å². The number of halogens is 3. The first-order valence-corrected chi connectivity index (χ1v) is 12.2. The van der Waals surface area contributed by atoms with Gasteiger partial charge in [0.05, 0.1) is 41.8 Å². The van der Waals surface area contributed by atoms with E-state index in [1.807, 2.05) is 0 Å². The average Bonchev–Trinajstić information content (AvgIpc) is 3.45. The molecule has 0 spiro atoms. The van der Waals surface area contributed by atoms with Gasteiger partial charge in [-0.3, -0.25) is 4.98 Å². The van der Waals surface area contributed by atoms with Gasteiger partial charge in [0, 0.05) is 36.0 Å². The van der Waals surface area contributed by atoms with Crippen LogP contribution in [0.15, 0.2) is 73.2 Å². The zero-order valence-electron chi connectivity index (χ0n) is 20.9. The third kappa shape index (κ3) is 6.18. The molecule has 13 heteroatoms. The van der Waals surface area contributed by atoms with E-state index in [0.29, 0.717) is 53.1 Å². The van der Waals surface area contributed by atoms with E-state index in [0.717, 1.165) is 12.1 Å². The van der Waals surface area contributed by atoms with Crippen molar-refractivity contribution >= 4 is 39.9 Å². The fourth-order valence-corrected chi connectivity index (χ4v) is 3.96. The maximum atomic E-state index is 13.8. The van der Waals surface area contributed by atoms with Crippen molar-refractivity contribution in [3.63, 3.8) is 0 Å². The number of amides is 2. The first kappa shape index (κ1) is 26.6. The molecular formula is C27H21ClF2N6O4. The van der Waals surface area contributed by atoms with Gasteiger partial charge in [0.2, 0.25) is 0 Å². The number of hydrogen-bond donors (Lipinski definition) is 2. The van der Waals surface area contributed by atoms with Crippen molar-refractivity contribution in [1.29, 1.82) is 0 Å². The number of carbonyl (C=O) groups is 1. The van der Waals surface area contributed by atoms with Crippen molar-refractivity contribution in [2.75, 3.05) is 24.4 Å². The SMILES string of the molecule is COc1cc2c(Oc3ccc(NC(=O)Nc4ccc(F)cc4F)c(Cl)c3)ccnc2cc1OCCn1ccnn1. The van der Waals surface area contributed by atoms with Gasteiger partial charge in [0.1, 0.15) is 29.7 Å². The van der Waals surface area contributed by atoms with Crippen LogP contribution in [-0.2, 0) is 6.54 Å². The second kappa shape index (κ2) is 11.8. The van der Waals surface area contributed by atoms with Gasteiger partial charge in [-0.05, 0) is 36.4 Å². The summed E-state index contributed by atoms with van der Waals surface area (Å²) >= 11 is 6.36. The van der Waals surface area contributed by atoms with Gasteiger partial charge >= 0.3 is 6.03 Å². The van der Waals surface area contributed by atoms with Crippen molar-refractivity contribution in [2.24, 2.45) is 0 Å². The molecule has 2 amide bonds. The summed E-state index contributed by atoms with van der Waals surface area (Å²) in [7, 11) is 1.54. The number of methoxy groups -OCH3 is 1. The molecule has 0 aliphatic carbocycles. The molecule has 0 saturated carbocycles. The number of ether oxygens (including phenoxy) is 3. The Morgan fingerprint density at radius 1 is 0.975 bits per heavy atom. The van der Waals surface area contributed by atoms with Crippen molar-refractivity contribution < 1.29 is 27.8 Å². The lowest BCUT2D eigenvalue weighted by Crippen LogP contribution is -2.20. The quantitative estimate of drug-likeness (QED) is 0.216. The highest BCUT2D eigenvalue weighted by Crippen LogP contribution is 2.38. The molecule has 0 bridgehead atoms. The van der Waals surface area contributed by atoms with Gasteiger partial charge in [-0.15, -0.1) is 5.10 Å². The Balaban J connectivity index is 1.29. The number of pyridine rings is 1. The highest BCUT2D eigenvalue weighted by atomic mass is 35.5. The Bertz CT molecular complexity index is 1670. The highest BCUT2D eigenvalue weighted by molar-refractivity contribution is 6.34. The molecule has 5 aromatic rings. The lowest BCUT2D eigenvalue weighted by atomic mass is 10.1. The van der Waals surface area contributed by atoms with Crippen LogP contribution in [0.5, 0.6) is 23.0 Å². The summed E-state index contributed by atoms with van der Waals surface area (Å²) < 4.78 is 46.1. The minimum atomic E-state index is -0.906. The van der Waals surface area contributed by atoms with Gasteiger partial charge < -0.3 is 24.8 Å². The molecule has 3 aromatic carbocycles. The first-order valence-electron chi connectivity index (χ1n) is 11.8. The largest absolute Gasteiger partial charge is 0.493 e. The van der Waals surface area contributed by atoms with E-state index in [1.165, 1.54) is 19.2 Å². The summed E-state index contributed by atoms with van der Waals surface area (Å²) in [5, 5.41) is 13.3. The average molecular weight is 567 g/mol. The Kier molecular flexibility index (Phi) is 7.87. The number of urea groups is 1. The second-order valence-corrected chi connectivity index (χ2v) is 8.70. The Hall–Kier alpha value is -4.97. The normalized spacial score (nSPS) is 10.8. The fraction of sp³-hybridized carbons (Fsp3) is 0.111. The van der Waals surface area contributed by atoms with E-state index in [9.17, 15) is 13.6 Å². The molecule has 0 saturated heterocycles. The van der Waals surface area contributed by atoms with Crippen molar-refractivity contribution in [3.05, 3.63) is 89.8 Å². The number of benzene rings is 3. The lowest BCUT2D eigenvalue weighted by molar-refractivity contribution is 0.262. The molecule has 2 N–H and O–H groups in total. The maximum Gasteiger partial charge on any atom is 0.323 e. The third-order valence-electron chi connectivity index (χ3n) is 5.63. The Morgan fingerprint density at radius 3 is 2.55 bits per heavy atom. The van der Waals surface area contributed by atoms with Crippen LogP contribution in [0.1, 0.15) is 0 Å². The monoisotopic (exact) mass is 566 g/mol. The Labute approximate surface area is 231 Å². The first-order chi connectivity index (χ1) is 19.4. The van der Waals surface area contributed by atoms with Crippen LogP contribution in [-0.4, -0.2) is 39.7 Å². The summed E-state index contributed by atoms with van der Waals surface area (Å²) in [5.74, 6) is 0.216. The summed E-state index contributed by atoms with van der Waals surface area (Å²) in [6.07, 6.45) is 4.93. The van der Waals surface area contributed by atoms with Crippen molar-refractivity contribution in [1.82, 2.24) is 20.0 Å². The number of carbonyl (C=O) groups excluding carboxylic acids is 1. The molecule has 0 radical (unpaired) electrons. The van der Waals surface area contributed by atoms with Crippen LogP contribution in [0.3, 0.4) is 0 Å². The zero-order valence-corrected chi connectivity index (χ0v) is 21.7. The van der Waals surface area contributed by atoms with Gasteiger partial charge in [-0.25, -0.2) is 18.3 Å². The molecular weight excluding hydrogens is 546 g/mol. The fourth-order valence-electron chi connectivity index (χ4n) is 3.75. The second-order valence-electron chi connectivity index (χ2n) is 8.29. The maximum absolute atomic E-state index is 13.8. The number of aromatic nitrogens is 4. The highest BCUT2D eigenvalue weighted by Gasteiger charge is 2.14. The zero-order chi connectivity index (χ0) is 28.1. The number of anilines is 2. The minimum absolute atomic E-state index is 0.172. The number of hydrogen-bond acceptors (Lipinski definition) is 7. The van der Waals surface area contributed by atoms with E-state index < -0.39 is 17.7 Å². The Morgan fingerprint density at radius 2 is 1.80 bits per heavy atom. The van der Waals surface area contributed by atoms with Crippen LogP contribution >= 0.6 is 11.6 Å². The molecule has 0 aliphatic rings. The number of fused-ring (bicyclic) bond motifs is 1. The molecule has 5 rings (SSSR count). The number of nitrogens with one attached hydrogen (secondary N) is 2. The van der Waals surface area contributed by atoms with Crippen LogP contribution in [0.4, 0.5) is 25.0 Å². The topological polar surface area (TPSA) is 112 Å². The van der Waals surface area contributed by atoms with E-state index in [1.54, 1.807) is 47.5 Å². The number of nitrogens with zero attached hydrogens (tertiary/aromatic N) is 4. The van der Waals surface area contributed by atoms with Crippen LogP contribution in [0.2, 0.25) is 5.02 Å². The van der Waals surface area contributed by atoms with Crippen molar-refractivity contribution in [2.45, 2.75) is 6.54 Å². The van der Waals surface area contributed by atoms with Gasteiger partial charge in [-0.2, -0.15) is 0 Å². The van der Waals surface area contributed by atoms with Gasteiger partial charge in [0.15, 0.2) is 11.5 Å². The van der Waals surface area contributed by atoms with E-state index in [-0.39, 0.29) is 16.4 Å². The summed E-state index contributed by atoms with van der Waals surface area (Å²) in [6, 6.07) is 11.9. The van der Waals surface area contributed by atoms with Crippen LogP contribution in [0.25, 0.3) is 10.9 Å². The standard InChI is InChI=1S/C27H21ClF2N6O4/c1-38-25-14-18-23(15-26(25)39-11-10-36-9-8-32-35-36)31-7-6-24(18)40-17-3-5-21(19(28)13-17)33-27(37)34-22-4-2-16(29)12-20(22)30/h2-9,12-15H,10-11H2,1H3,(H2,33,34,37). The van der Waals surface area contributed by atoms with Gasteiger partial charge in [-0.1, -0.05) is 16.8 Å². The molecule has 0 unspecified atom stereocenters. The lowest BCUT2D eigenvalue weighted by Gasteiger charge is -2.14. The van der Waals surface area contributed by atoms with Crippen LogP contribution in [0, 0.1) is 11.6 Å². The molecule has 10 nitrogen and oxygen atoms in total. The van der Waals surface area contributed by atoms with Crippen molar-refractivity contribution in [3.8, 4) is 23.0 Å². The van der Waals surface area contributed by atoms with E-state index >= 15 is 0 Å². The van der Waals surface area contributed by atoms with Gasteiger partial charge in [0.25, 0.3) is 0 Å². The molecule has 0 atom stereocenters. The predicted molar refractivity (Wildman–Crippen MR) is 144 cm³/mol. The summed E-state index contributed by atoms with van der Waals surface area (Å²) in [6.45, 7) is 0.853. The predicted octanol–water partition coefficient (Wildman–Crippen LogP) is 6.28. The number of rotatable bonds is 9. The summed E-state index contributed by atoms with van der Waals surface area (Å²) in [5.41, 5.74) is 0.685. The smallest absolute Gasteiger partial charge is 0.323 e. The third-order valence-corrected chi connectivity index (χ3v) is 5.95. The summed E-state index contributed by atoms with van der Waals surface area (Å²) in [4.78, 5) is 16.7. The molecule has 40 heavy (non-hydrogen) atoms.